The van der Waals surface area contributed by atoms with Gasteiger partial charge in [-0.05, 0) is 32.3 Å². The van der Waals surface area contributed by atoms with Gasteiger partial charge in [0.05, 0.1) is 23.2 Å². The van der Waals surface area contributed by atoms with Crippen molar-refractivity contribution < 1.29 is 9.66 Å². The zero-order valence-electron chi connectivity index (χ0n) is 10.1. The van der Waals surface area contributed by atoms with Gasteiger partial charge in [0.25, 0.3) is 0 Å². The summed E-state index contributed by atoms with van der Waals surface area (Å²) in [4.78, 5) is 14.8. The number of nitrogens with one attached hydrogen (secondary N) is 1. The molecule has 18 heavy (non-hydrogen) atoms. The summed E-state index contributed by atoms with van der Waals surface area (Å²) in [6.07, 6.45) is 5.14. The van der Waals surface area contributed by atoms with Crippen LogP contribution in [0, 0.1) is 17.0 Å². The Morgan fingerprint density at radius 3 is 3.00 bits per heavy atom. The Balaban J connectivity index is 1.84. The second-order valence-corrected chi connectivity index (χ2v) is 4.94. The highest BCUT2D eigenvalue weighted by Gasteiger charge is 2.41. The standard InChI is InChI=1S/C12H15N3O3/c1-7-4-5-13-12(11(7)15(16)17)14-9-6-8-2-3-10(9)18-8/h4-5,8-10H,2-3,6H2,1H3,(H,13,14). The fraction of sp³-hybridized carbons (Fsp3) is 0.583. The number of rotatable bonds is 3. The first-order chi connectivity index (χ1) is 8.65. The zero-order valence-corrected chi connectivity index (χ0v) is 10.1. The highest BCUT2D eigenvalue weighted by molar-refractivity contribution is 5.60. The number of anilines is 1. The number of pyridine rings is 1. The van der Waals surface area contributed by atoms with Gasteiger partial charge in [-0.2, -0.15) is 0 Å². The Kier molecular flexibility index (Phi) is 2.66. The molecule has 2 fully saturated rings. The Hall–Kier alpha value is -1.69. The van der Waals surface area contributed by atoms with Gasteiger partial charge in [0, 0.05) is 11.8 Å². The number of ether oxygens (including phenoxy) is 1. The molecule has 0 saturated carbocycles. The van der Waals surface area contributed by atoms with E-state index in [9.17, 15) is 10.1 Å². The summed E-state index contributed by atoms with van der Waals surface area (Å²) in [6, 6.07) is 1.80. The molecule has 3 unspecified atom stereocenters. The van der Waals surface area contributed by atoms with Crippen molar-refractivity contribution in [1.82, 2.24) is 4.98 Å². The molecule has 96 valence electrons. The number of nitro groups is 1. The lowest BCUT2D eigenvalue weighted by Crippen LogP contribution is -2.31. The van der Waals surface area contributed by atoms with Crippen LogP contribution in [-0.4, -0.2) is 28.2 Å². The fourth-order valence-corrected chi connectivity index (χ4v) is 2.85. The van der Waals surface area contributed by atoms with Crippen molar-refractivity contribution in [3.8, 4) is 0 Å². The molecule has 2 aliphatic heterocycles. The van der Waals surface area contributed by atoms with Crippen molar-refractivity contribution in [2.75, 3.05) is 5.32 Å². The Bertz CT molecular complexity index is 491. The van der Waals surface area contributed by atoms with Gasteiger partial charge in [-0.15, -0.1) is 0 Å². The fourth-order valence-electron chi connectivity index (χ4n) is 2.85. The van der Waals surface area contributed by atoms with Crippen LogP contribution < -0.4 is 5.32 Å². The average Bonchev–Trinajstić information content (AvgIpc) is 2.90. The first kappa shape index (κ1) is 11.4. The minimum atomic E-state index is -0.376. The summed E-state index contributed by atoms with van der Waals surface area (Å²) in [5.41, 5.74) is 0.696. The predicted molar refractivity (Wildman–Crippen MR) is 65.6 cm³/mol. The maximum atomic E-state index is 11.1. The van der Waals surface area contributed by atoms with E-state index in [1.165, 1.54) is 0 Å². The first-order valence-electron chi connectivity index (χ1n) is 6.17. The summed E-state index contributed by atoms with van der Waals surface area (Å²) in [5, 5.41) is 14.3. The second kappa shape index (κ2) is 4.20. The Morgan fingerprint density at radius 1 is 1.56 bits per heavy atom. The maximum absolute atomic E-state index is 11.1. The van der Waals surface area contributed by atoms with Gasteiger partial charge in [-0.25, -0.2) is 4.98 Å². The number of aromatic nitrogens is 1. The van der Waals surface area contributed by atoms with Crippen molar-refractivity contribution in [3.05, 3.63) is 27.9 Å². The lowest BCUT2D eigenvalue weighted by Gasteiger charge is -2.20. The first-order valence-corrected chi connectivity index (χ1v) is 6.17. The summed E-state index contributed by atoms with van der Waals surface area (Å²) in [6.45, 7) is 1.72. The molecule has 1 aromatic rings. The number of hydrogen-bond acceptors (Lipinski definition) is 5. The molecule has 2 bridgehead atoms. The molecule has 0 aliphatic carbocycles. The molecule has 3 heterocycles. The number of fused-ring (bicyclic) bond motifs is 2. The number of aryl methyl sites for hydroxylation is 1. The van der Waals surface area contributed by atoms with E-state index in [0.29, 0.717) is 17.5 Å². The minimum Gasteiger partial charge on any atom is -0.373 e. The van der Waals surface area contributed by atoms with Crippen LogP contribution >= 0.6 is 0 Å². The van der Waals surface area contributed by atoms with E-state index in [-0.39, 0.29) is 22.8 Å². The van der Waals surface area contributed by atoms with E-state index in [0.717, 1.165) is 19.3 Å². The highest BCUT2D eigenvalue weighted by Crippen LogP contribution is 2.37. The van der Waals surface area contributed by atoms with E-state index >= 15 is 0 Å². The number of nitrogens with zero attached hydrogens (tertiary/aromatic N) is 2. The topological polar surface area (TPSA) is 77.3 Å². The smallest absolute Gasteiger partial charge is 0.314 e. The third-order valence-electron chi connectivity index (χ3n) is 3.74. The summed E-state index contributed by atoms with van der Waals surface area (Å²) in [5.74, 6) is 0.362. The lowest BCUT2D eigenvalue weighted by molar-refractivity contribution is -0.384. The molecule has 3 atom stereocenters. The van der Waals surface area contributed by atoms with Gasteiger partial charge in [-0.1, -0.05) is 0 Å². The summed E-state index contributed by atoms with van der Waals surface area (Å²) >= 11 is 0. The van der Waals surface area contributed by atoms with E-state index in [1.807, 2.05) is 0 Å². The van der Waals surface area contributed by atoms with Crippen LogP contribution in [0.25, 0.3) is 0 Å². The van der Waals surface area contributed by atoms with Crippen LogP contribution in [0.4, 0.5) is 11.5 Å². The molecular formula is C12H15N3O3. The molecule has 2 saturated heterocycles. The predicted octanol–water partition coefficient (Wildman–Crippen LogP) is 2.03. The maximum Gasteiger partial charge on any atom is 0.314 e. The van der Waals surface area contributed by atoms with Gasteiger partial charge < -0.3 is 10.1 Å². The molecule has 6 heteroatoms. The van der Waals surface area contributed by atoms with Crippen LogP contribution in [0.3, 0.4) is 0 Å². The molecular weight excluding hydrogens is 234 g/mol. The molecule has 0 aromatic carbocycles. The molecule has 6 nitrogen and oxygen atoms in total. The lowest BCUT2D eigenvalue weighted by atomic mass is 9.95. The molecule has 0 radical (unpaired) electrons. The van der Waals surface area contributed by atoms with Crippen molar-refractivity contribution in [2.24, 2.45) is 0 Å². The van der Waals surface area contributed by atoms with Gasteiger partial charge in [-0.3, -0.25) is 10.1 Å². The third-order valence-corrected chi connectivity index (χ3v) is 3.74. The monoisotopic (exact) mass is 249 g/mol. The average molecular weight is 249 g/mol. The van der Waals surface area contributed by atoms with Crippen LogP contribution in [0.5, 0.6) is 0 Å². The van der Waals surface area contributed by atoms with Gasteiger partial charge in [0.1, 0.15) is 0 Å². The second-order valence-electron chi connectivity index (χ2n) is 4.94. The van der Waals surface area contributed by atoms with Gasteiger partial charge >= 0.3 is 5.69 Å². The summed E-state index contributed by atoms with van der Waals surface area (Å²) in [7, 11) is 0. The van der Waals surface area contributed by atoms with Crippen LogP contribution in [0.15, 0.2) is 12.3 Å². The molecule has 3 rings (SSSR count). The van der Waals surface area contributed by atoms with E-state index < -0.39 is 0 Å². The highest BCUT2D eigenvalue weighted by atomic mass is 16.6. The SMILES string of the molecule is Cc1ccnc(NC2CC3CCC2O3)c1[N+](=O)[O-]. The van der Waals surface area contributed by atoms with Crippen molar-refractivity contribution in [1.29, 1.82) is 0 Å². The zero-order chi connectivity index (χ0) is 12.7. The van der Waals surface area contributed by atoms with E-state index in [2.05, 4.69) is 10.3 Å². The Morgan fingerprint density at radius 2 is 2.39 bits per heavy atom. The Labute approximate surface area is 105 Å². The molecule has 2 aliphatic rings. The molecule has 1 N–H and O–H groups in total. The van der Waals surface area contributed by atoms with Crippen molar-refractivity contribution in [2.45, 2.75) is 44.4 Å². The molecule has 0 amide bonds. The normalized spacial score (nSPS) is 29.5. The molecule has 1 aromatic heterocycles. The van der Waals surface area contributed by atoms with E-state index in [4.69, 9.17) is 4.74 Å². The largest absolute Gasteiger partial charge is 0.373 e. The molecule has 0 spiro atoms. The number of hydrogen-bond donors (Lipinski definition) is 1. The van der Waals surface area contributed by atoms with E-state index in [1.54, 1.807) is 19.2 Å². The van der Waals surface area contributed by atoms with Crippen molar-refractivity contribution >= 4 is 11.5 Å². The van der Waals surface area contributed by atoms with Gasteiger partial charge in [0.2, 0.25) is 5.82 Å². The quantitative estimate of drug-likeness (QED) is 0.655. The third kappa shape index (κ3) is 1.82. The van der Waals surface area contributed by atoms with Crippen molar-refractivity contribution in [3.63, 3.8) is 0 Å². The van der Waals surface area contributed by atoms with Crippen LogP contribution in [0.1, 0.15) is 24.8 Å². The minimum absolute atomic E-state index is 0.0697. The van der Waals surface area contributed by atoms with Gasteiger partial charge in [0.15, 0.2) is 0 Å². The van der Waals surface area contributed by atoms with Crippen LogP contribution in [-0.2, 0) is 4.74 Å². The summed E-state index contributed by atoms with van der Waals surface area (Å²) < 4.78 is 5.73. The van der Waals surface area contributed by atoms with Crippen LogP contribution in [0.2, 0.25) is 0 Å².